The first kappa shape index (κ1) is 23.4. The summed E-state index contributed by atoms with van der Waals surface area (Å²) in [6, 6.07) is 7.76. The van der Waals surface area contributed by atoms with Crippen LogP contribution in [-0.4, -0.2) is 61.3 Å². The Morgan fingerprint density at radius 1 is 0.788 bits per heavy atom. The van der Waals surface area contributed by atoms with Crippen LogP contribution in [0.4, 0.5) is 11.9 Å². The molecule has 1 aliphatic rings. The second-order valence-corrected chi connectivity index (χ2v) is 9.25. The van der Waals surface area contributed by atoms with Gasteiger partial charge in [-0.25, -0.2) is 9.97 Å². The van der Waals surface area contributed by atoms with Gasteiger partial charge in [0, 0.05) is 33.2 Å². The van der Waals surface area contributed by atoms with Crippen LogP contribution in [0, 0.1) is 0 Å². The highest BCUT2D eigenvalue weighted by Gasteiger charge is 2.38. The molecule has 0 saturated carbocycles. The van der Waals surface area contributed by atoms with Gasteiger partial charge in [0.05, 0.1) is 30.3 Å². The fourth-order valence-electron chi connectivity index (χ4n) is 3.60. The van der Waals surface area contributed by atoms with E-state index in [0.717, 1.165) is 26.7 Å². The van der Waals surface area contributed by atoms with Gasteiger partial charge in [-0.05, 0) is 43.3 Å². The normalized spacial score (nSPS) is 12.7. The predicted octanol–water partition coefficient (Wildman–Crippen LogP) is 4.49. The van der Waals surface area contributed by atoms with Crippen LogP contribution in [-0.2, 0) is 0 Å². The fourth-order valence-corrected chi connectivity index (χ4v) is 4.80. The highest BCUT2D eigenvalue weighted by Crippen LogP contribution is 2.53. The average Bonchev–Trinajstić information content (AvgIpc) is 2.78. The van der Waals surface area contributed by atoms with Crippen LogP contribution >= 0.6 is 23.4 Å². The number of halogens is 1. The van der Waals surface area contributed by atoms with E-state index in [-0.39, 0.29) is 5.92 Å². The second kappa shape index (κ2) is 9.61. The van der Waals surface area contributed by atoms with Crippen molar-refractivity contribution in [1.82, 2.24) is 19.9 Å². The van der Waals surface area contributed by atoms with E-state index >= 15 is 0 Å². The Bertz CT molecular complexity index is 1090. The van der Waals surface area contributed by atoms with Crippen LogP contribution in [0.2, 0.25) is 5.02 Å². The van der Waals surface area contributed by atoms with Crippen molar-refractivity contribution in [2.75, 3.05) is 51.2 Å². The molecule has 1 aliphatic heterocycles. The summed E-state index contributed by atoms with van der Waals surface area (Å²) in [5.41, 5.74) is 2.76. The molecule has 174 valence electrons. The molecule has 0 spiro atoms. The Morgan fingerprint density at radius 3 is 1.64 bits per heavy atom. The number of ether oxygens (including phenoxy) is 2. The minimum atomic E-state index is -0.274. The van der Waals surface area contributed by atoms with Crippen LogP contribution in [0.3, 0.4) is 0 Å². The number of nitrogens with zero attached hydrogens (tertiary/aromatic N) is 6. The molecule has 8 nitrogen and oxygen atoms in total. The molecule has 0 atom stereocenters. The van der Waals surface area contributed by atoms with Crippen LogP contribution in [0.25, 0.3) is 0 Å². The Hall–Kier alpha value is -2.78. The summed E-state index contributed by atoms with van der Waals surface area (Å²) in [7, 11) is 7.65. The summed E-state index contributed by atoms with van der Waals surface area (Å²) in [6.45, 7) is 4.86. The minimum Gasteiger partial charge on any atom is -0.478 e. The number of fused-ring (bicyclic) bond motifs is 2. The van der Waals surface area contributed by atoms with E-state index in [4.69, 9.17) is 41.0 Å². The van der Waals surface area contributed by atoms with Gasteiger partial charge in [0.1, 0.15) is 10.1 Å². The van der Waals surface area contributed by atoms with E-state index in [0.29, 0.717) is 41.9 Å². The van der Waals surface area contributed by atoms with Crippen LogP contribution < -0.4 is 19.3 Å². The molecule has 0 unspecified atom stereocenters. The number of hydrogen-bond donors (Lipinski definition) is 0. The summed E-state index contributed by atoms with van der Waals surface area (Å²) < 4.78 is 12.1. The van der Waals surface area contributed by atoms with Gasteiger partial charge >= 0.3 is 0 Å². The quantitative estimate of drug-likeness (QED) is 0.351. The smallest absolute Gasteiger partial charge is 0.229 e. The average molecular weight is 487 g/mol. The predicted molar refractivity (Wildman–Crippen MR) is 132 cm³/mol. The van der Waals surface area contributed by atoms with Gasteiger partial charge in [0.15, 0.2) is 0 Å². The second-order valence-electron chi connectivity index (χ2n) is 7.84. The van der Waals surface area contributed by atoms with Crippen molar-refractivity contribution in [2.24, 2.45) is 0 Å². The maximum absolute atomic E-state index is 6.21. The van der Waals surface area contributed by atoms with E-state index in [9.17, 15) is 0 Å². The zero-order valence-corrected chi connectivity index (χ0v) is 21.2. The van der Waals surface area contributed by atoms with E-state index in [1.165, 1.54) is 11.8 Å². The van der Waals surface area contributed by atoms with Gasteiger partial charge in [-0.1, -0.05) is 23.7 Å². The lowest BCUT2D eigenvalue weighted by Gasteiger charge is -2.30. The Labute approximate surface area is 203 Å². The first-order valence-corrected chi connectivity index (χ1v) is 11.9. The van der Waals surface area contributed by atoms with Gasteiger partial charge < -0.3 is 19.3 Å². The third kappa shape index (κ3) is 4.52. The zero-order chi connectivity index (χ0) is 23.7. The number of anilines is 2. The number of benzene rings is 1. The summed E-state index contributed by atoms with van der Waals surface area (Å²) in [5.74, 6) is 1.97. The Kier molecular flexibility index (Phi) is 6.81. The maximum Gasteiger partial charge on any atom is 0.229 e. The third-order valence-corrected chi connectivity index (χ3v) is 6.33. The van der Waals surface area contributed by atoms with Crippen molar-refractivity contribution in [3.63, 3.8) is 0 Å². The van der Waals surface area contributed by atoms with Crippen molar-refractivity contribution in [1.29, 1.82) is 0 Å². The molecule has 0 N–H and O–H groups in total. The molecular formula is C23H27ClN6O2S. The molecule has 0 fully saturated rings. The summed E-state index contributed by atoms with van der Waals surface area (Å²) in [4.78, 5) is 22.9. The van der Waals surface area contributed by atoms with Crippen molar-refractivity contribution in [2.45, 2.75) is 29.8 Å². The van der Waals surface area contributed by atoms with Gasteiger partial charge in [0.2, 0.25) is 23.7 Å². The summed E-state index contributed by atoms with van der Waals surface area (Å²) >= 11 is 7.70. The first-order chi connectivity index (χ1) is 15.8. The SMILES string of the molecule is CCOc1nc(N(C)C)nc2c1C(c1ccc(Cl)cc1)c1c(OCC)nc(N(C)C)nc1S2. The molecular weight excluding hydrogens is 460 g/mol. The van der Waals surface area contributed by atoms with Crippen LogP contribution in [0.1, 0.15) is 36.5 Å². The molecule has 1 aromatic carbocycles. The van der Waals surface area contributed by atoms with Gasteiger partial charge in [-0.15, -0.1) is 0 Å². The maximum atomic E-state index is 6.21. The molecule has 0 bridgehead atoms. The van der Waals surface area contributed by atoms with E-state index in [1.807, 2.05) is 76.1 Å². The lowest BCUT2D eigenvalue weighted by atomic mass is 9.87. The minimum absolute atomic E-state index is 0.274. The number of hydrogen-bond acceptors (Lipinski definition) is 9. The zero-order valence-electron chi connectivity index (χ0n) is 19.6. The third-order valence-electron chi connectivity index (χ3n) is 5.06. The lowest BCUT2D eigenvalue weighted by molar-refractivity contribution is 0.313. The molecule has 3 heterocycles. The van der Waals surface area contributed by atoms with Gasteiger partial charge in [-0.3, -0.25) is 0 Å². The van der Waals surface area contributed by atoms with E-state index < -0.39 is 0 Å². The first-order valence-electron chi connectivity index (χ1n) is 10.7. The van der Waals surface area contributed by atoms with Crippen molar-refractivity contribution < 1.29 is 9.47 Å². The topological polar surface area (TPSA) is 76.5 Å². The molecule has 0 saturated heterocycles. The molecule has 0 amide bonds. The van der Waals surface area contributed by atoms with Crippen LogP contribution in [0.5, 0.6) is 11.8 Å². The highest BCUT2D eigenvalue weighted by atomic mass is 35.5. The number of rotatable bonds is 7. The van der Waals surface area contributed by atoms with Crippen molar-refractivity contribution >= 4 is 35.3 Å². The molecule has 0 aliphatic carbocycles. The molecule has 0 radical (unpaired) electrons. The summed E-state index contributed by atoms with van der Waals surface area (Å²) in [6.07, 6.45) is 0. The van der Waals surface area contributed by atoms with Gasteiger partial charge in [-0.2, -0.15) is 9.97 Å². The van der Waals surface area contributed by atoms with Crippen LogP contribution in [0.15, 0.2) is 34.3 Å². The van der Waals surface area contributed by atoms with Gasteiger partial charge in [0.25, 0.3) is 0 Å². The fraction of sp³-hybridized carbons (Fsp3) is 0.391. The standard InChI is InChI=1S/C23H27ClN6O2S/c1-7-31-18-16-15(13-9-11-14(24)12-10-13)17-19(32-8-2)26-23(30(5)6)28-21(17)33-20(16)27-22(25-18)29(3)4/h9-12,15H,7-8H2,1-6H3. The molecule has 2 aromatic heterocycles. The number of aromatic nitrogens is 4. The molecule has 3 aromatic rings. The van der Waals surface area contributed by atoms with Crippen molar-refractivity contribution in [3.8, 4) is 11.8 Å². The monoisotopic (exact) mass is 486 g/mol. The Morgan fingerprint density at radius 2 is 1.24 bits per heavy atom. The molecule has 33 heavy (non-hydrogen) atoms. The largest absolute Gasteiger partial charge is 0.478 e. The lowest BCUT2D eigenvalue weighted by Crippen LogP contribution is -2.22. The van der Waals surface area contributed by atoms with E-state index in [1.54, 1.807) is 0 Å². The molecule has 10 heteroatoms. The highest BCUT2D eigenvalue weighted by molar-refractivity contribution is 7.99. The van der Waals surface area contributed by atoms with E-state index in [2.05, 4.69) is 0 Å². The Balaban J connectivity index is 2.04. The molecule has 4 rings (SSSR count). The van der Waals surface area contributed by atoms with Crippen molar-refractivity contribution in [3.05, 3.63) is 46.0 Å². The summed E-state index contributed by atoms with van der Waals surface area (Å²) in [5, 5.41) is 2.27.